The molecule has 1 heterocycles. The number of fused-ring (bicyclic) bond motifs is 1. The van der Waals surface area contributed by atoms with Crippen LogP contribution in [0.25, 0.3) is 10.9 Å². The van der Waals surface area contributed by atoms with Gasteiger partial charge < -0.3 is 10.5 Å². The molecule has 3 heteroatoms. The summed E-state index contributed by atoms with van der Waals surface area (Å²) in [6.45, 7) is 0.684. The fourth-order valence-corrected chi connectivity index (χ4v) is 2.63. The van der Waals surface area contributed by atoms with E-state index >= 15 is 0 Å². The highest BCUT2D eigenvalue weighted by Crippen LogP contribution is 2.40. The standard InChI is InChI=1S/C15H18N2O/c16-10-9-15(7-3-8-15)18-14-6-1-5-13-12(14)4-2-11-17-13/h1-2,4-6,11H,3,7-10,16H2. The lowest BCUT2D eigenvalue weighted by atomic mass is 9.77. The molecule has 1 aromatic heterocycles. The second-order valence-corrected chi connectivity index (χ2v) is 5.00. The number of ether oxygens (including phenoxy) is 1. The number of nitrogens with two attached hydrogens (primary N) is 1. The van der Waals surface area contributed by atoms with Crippen molar-refractivity contribution in [1.29, 1.82) is 0 Å². The van der Waals surface area contributed by atoms with Crippen LogP contribution in [0.15, 0.2) is 36.5 Å². The maximum Gasteiger partial charge on any atom is 0.129 e. The zero-order valence-corrected chi connectivity index (χ0v) is 10.4. The van der Waals surface area contributed by atoms with Gasteiger partial charge in [-0.15, -0.1) is 0 Å². The number of pyridine rings is 1. The third-order valence-corrected chi connectivity index (χ3v) is 3.80. The second kappa shape index (κ2) is 4.58. The van der Waals surface area contributed by atoms with Crippen LogP contribution in [0.2, 0.25) is 0 Å². The smallest absolute Gasteiger partial charge is 0.129 e. The lowest BCUT2D eigenvalue weighted by molar-refractivity contribution is -0.0112. The molecule has 0 unspecified atom stereocenters. The van der Waals surface area contributed by atoms with Gasteiger partial charge in [0.1, 0.15) is 11.4 Å². The van der Waals surface area contributed by atoms with Crippen molar-refractivity contribution in [1.82, 2.24) is 4.98 Å². The molecule has 94 valence electrons. The summed E-state index contributed by atoms with van der Waals surface area (Å²) in [6.07, 6.45) is 6.21. The van der Waals surface area contributed by atoms with E-state index in [2.05, 4.69) is 11.1 Å². The van der Waals surface area contributed by atoms with Crippen LogP contribution in [0.1, 0.15) is 25.7 Å². The van der Waals surface area contributed by atoms with E-state index < -0.39 is 0 Å². The van der Waals surface area contributed by atoms with Crippen molar-refractivity contribution >= 4 is 10.9 Å². The van der Waals surface area contributed by atoms with Crippen molar-refractivity contribution in [2.24, 2.45) is 5.73 Å². The van der Waals surface area contributed by atoms with Gasteiger partial charge in [0.2, 0.25) is 0 Å². The maximum atomic E-state index is 6.27. The molecule has 0 radical (unpaired) electrons. The van der Waals surface area contributed by atoms with E-state index in [-0.39, 0.29) is 5.60 Å². The number of benzene rings is 1. The molecular weight excluding hydrogens is 224 g/mol. The number of aromatic nitrogens is 1. The lowest BCUT2D eigenvalue weighted by Gasteiger charge is -2.42. The summed E-state index contributed by atoms with van der Waals surface area (Å²) in [7, 11) is 0. The van der Waals surface area contributed by atoms with Gasteiger partial charge in [0, 0.05) is 11.6 Å². The van der Waals surface area contributed by atoms with Crippen LogP contribution in [0, 0.1) is 0 Å². The van der Waals surface area contributed by atoms with Gasteiger partial charge in [0.25, 0.3) is 0 Å². The Bertz CT molecular complexity index is 544. The van der Waals surface area contributed by atoms with Gasteiger partial charge >= 0.3 is 0 Å². The molecule has 0 amide bonds. The van der Waals surface area contributed by atoms with Crippen LogP contribution in [0.3, 0.4) is 0 Å². The number of nitrogens with zero attached hydrogens (tertiary/aromatic N) is 1. The Morgan fingerprint density at radius 3 is 2.83 bits per heavy atom. The van der Waals surface area contributed by atoms with E-state index in [0.717, 1.165) is 35.9 Å². The zero-order chi connectivity index (χ0) is 12.4. The summed E-state index contributed by atoms with van der Waals surface area (Å²) in [5.41, 5.74) is 6.65. The highest BCUT2D eigenvalue weighted by molar-refractivity contribution is 5.84. The molecule has 1 aliphatic carbocycles. The van der Waals surface area contributed by atoms with Gasteiger partial charge in [-0.1, -0.05) is 6.07 Å². The molecule has 18 heavy (non-hydrogen) atoms. The summed E-state index contributed by atoms with van der Waals surface area (Å²) < 4.78 is 6.27. The SMILES string of the molecule is NCCC1(Oc2cccc3ncccc23)CCC1. The molecule has 1 aromatic carbocycles. The van der Waals surface area contributed by atoms with Crippen LogP contribution in [-0.4, -0.2) is 17.1 Å². The summed E-state index contributed by atoms with van der Waals surface area (Å²) >= 11 is 0. The molecular formula is C15H18N2O. The van der Waals surface area contributed by atoms with Crippen molar-refractivity contribution in [3.05, 3.63) is 36.5 Å². The summed E-state index contributed by atoms with van der Waals surface area (Å²) in [6, 6.07) is 10.1. The predicted octanol–water partition coefficient (Wildman–Crippen LogP) is 2.89. The number of hydrogen-bond acceptors (Lipinski definition) is 3. The van der Waals surface area contributed by atoms with E-state index in [1.807, 2.05) is 30.5 Å². The first kappa shape index (κ1) is 11.5. The van der Waals surface area contributed by atoms with Crippen molar-refractivity contribution in [3.63, 3.8) is 0 Å². The lowest BCUT2D eigenvalue weighted by Crippen LogP contribution is -2.44. The molecule has 3 rings (SSSR count). The van der Waals surface area contributed by atoms with Crippen molar-refractivity contribution in [2.75, 3.05) is 6.54 Å². The van der Waals surface area contributed by atoms with Crippen LogP contribution >= 0.6 is 0 Å². The van der Waals surface area contributed by atoms with Crippen molar-refractivity contribution < 1.29 is 4.74 Å². The maximum absolute atomic E-state index is 6.27. The van der Waals surface area contributed by atoms with Crippen LogP contribution in [-0.2, 0) is 0 Å². The topological polar surface area (TPSA) is 48.1 Å². The Hall–Kier alpha value is -1.61. The van der Waals surface area contributed by atoms with Crippen molar-refractivity contribution in [2.45, 2.75) is 31.3 Å². The minimum Gasteiger partial charge on any atom is -0.487 e. The quantitative estimate of drug-likeness (QED) is 0.896. The molecule has 0 bridgehead atoms. The molecule has 0 aliphatic heterocycles. The summed E-state index contributed by atoms with van der Waals surface area (Å²) in [5.74, 6) is 0.939. The second-order valence-electron chi connectivity index (χ2n) is 5.00. The fraction of sp³-hybridized carbons (Fsp3) is 0.400. The molecule has 3 nitrogen and oxygen atoms in total. The van der Waals surface area contributed by atoms with E-state index in [1.54, 1.807) is 0 Å². The van der Waals surface area contributed by atoms with Gasteiger partial charge in [-0.25, -0.2) is 0 Å². The Balaban J connectivity index is 1.94. The first-order valence-electron chi connectivity index (χ1n) is 6.56. The van der Waals surface area contributed by atoms with E-state index in [1.165, 1.54) is 6.42 Å². The third-order valence-electron chi connectivity index (χ3n) is 3.80. The minimum atomic E-state index is -0.0289. The molecule has 0 spiro atoms. The summed E-state index contributed by atoms with van der Waals surface area (Å²) in [4.78, 5) is 4.36. The third kappa shape index (κ3) is 1.95. The monoisotopic (exact) mass is 242 g/mol. The predicted molar refractivity (Wildman–Crippen MR) is 72.6 cm³/mol. The Kier molecular flexibility index (Phi) is 2.92. The molecule has 1 fully saturated rings. The van der Waals surface area contributed by atoms with Crippen molar-refractivity contribution in [3.8, 4) is 5.75 Å². The summed E-state index contributed by atoms with van der Waals surface area (Å²) in [5, 5.41) is 1.09. The molecule has 1 saturated carbocycles. The van der Waals surface area contributed by atoms with E-state index in [9.17, 15) is 0 Å². The average Bonchev–Trinajstić information content (AvgIpc) is 2.37. The first-order valence-corrected chi connectivity index (χ1v) is 6.56. The van der Waals surface area contributed by atoms with Gasteiger partial charge in [-0.3, -0.25) is 4.98 Å². The van der Waals surface area contributed by atoms with E-state index in [4.69, 9.17) is 10.5 Å². The fourth-order valence-electron chi connectivity index (χ4n) is 2.63. The number of rotatable bonds is 4. The molecule has 2 N–H and O–H groups in total. The van der Waals surface area contributed by atoms with Gasteiger partial charge in [0.15, 0.2) is 0 Å². The molecule has 1 aliphatic rings. The Morgan fingerprint density at radius 2 is 2.11 bits per heavy atom. The van der Waals surface area contributed by atoms with Gasteiger partial charge in [-0.05, 0) is 56.5 Å². The van der Waals surface area contributed by atoms with Crippen LogP contribution in [0.5, 0.6) is 5.75 Å². The van der Waals surface area contributed by atoms with Gasteiger partial charge in [-0.2, -0.15) is 0 Å². The Labute approximate surface area is 107 Å². The molecule has 2 aromatic rings. The van der Waals surface area contributed by atoms with E-state index in [0.29, 0.717) is 6.54 Å². The van der Waals surface area contributed by atoms with Crippen LogP contribution < -0.4 is 10.5 Å². The zero-order valence-electron chi connectivity index (χ0n) is 10.4. The largest absolute Gasteiger partial charge is 0.487 e. The molecule has 0 atom stereocenters. The normalized spacial score (nSPS) is 17.4. The van der Waals surface area contributed by atoms with Gasteiger partial charge in [0.05, 0.1) is 5.52 Å². The van der Waals surface area contributed by atoms with Crippen LogP contribution in [0.4, 0.5) is 0 Å². The molecule has 0 saturated heterocycles. The first-order chi connectivity index (χ1) is 8.83. The average molecular weight is 242 g/mol. The minimum absolute atomic E-state index is 0.0289. The Morgan fingerprint density at radius 1 is 1.22 bits per heavy atom. The highest BCUT2D eigenvalue weighted by atomic mass is 16.5. The highest BCUT2D eigenvalue weighted by Gasteiger charge is 2.38. The number of hydrogen-bond donors (Lipinski definition) is 1.